The zero-order valence-electron chi connectivity index (χ0n) is 18.0. The highest BCUT2D eigenvalue weighted by molar-refractivity contribution is 5.72. The summed E-state index contributed by atoms with van der Waals surface area (Å²) in [5.41, 5.74) is -0.360. The van der Waals surface area contributed by atoms with E-state index in [2.05, 4.69) is 6.92 Å². The fourth-order valence-electron chi connectivity index (χ4n) is 3.17. The van der Waals surface area contributed by atoms with Crippen LogP contribution in [-0.4, -0.2) is 11.6 Å². The molecule has 0 aromatic rings. The third kappa shape index (κ3) is 18.1. The second-order valence-corrected chi connectivity index (χ2v) is 8.82. The summed E-state index contributed by atoms with van der Waals surface area (Å²) in [6.45, 7) is 10.1. The van der Waals surface area contributed by atoms with Gasteiger partial charge in [0.1, 0.15) is 5.60 Å². The Labute approximate surface area is 158 Å². The zero-order valence-corrected chi connectivity index (χ0v) is 18.0. The molecule has 1 atom stereocenters. The van der Waals surface area contributed by atoms with Gasteiger partial charge in [-0.3, -0.25) is 4.79 Å². The van der Waals surface area contributed by atoms with Gasteiger partial charge in [-0.05, 0) is 27.2 Å². The van der Waals surface area contributed by atoms with Crippen molar-refractivity contribution in [3.8, 4) is 0 Å². The van der Waals surface area contributed by atoms with Gasteiger partial charge in [0, 0.05) is 0 Å². The average molecular weight is 355 g/mol. The van der Waals surface area contributed by atoms with E-state index in [1.807, 2.05) is 27.7 Å². The summed E-state index contributed by atoms with van der Waals surface area (Å²) in [6, 6.07) is 0. The predicted molar refractivity (Wildman–Crippen MR) is 110 cm³/mol. The normalized spacial score (nSPS) is 13.0. The minimum absolute atomic E-state index is 0.0385. The number of unbranched alkanes of at least 4 members (excludes halogenated alkanes) is 13. The minimum atomic E-state index is -0.360. The Morgan fingerprint density at radius 3 is 1.44 bits per heavy atom. The monoisotopic (exact) mass is 354 g/mol. The first-order chi connectivity index (χ1) is 11.9. The van der Waals surface area contributed by atoms with Crippen LogP contribution in [0.25, 0.3) is 0 Å². The van der Waals surface area contributed by atoms with Crippen LogP contribution in [0.15, 0.2) is 0 Å². The highest BCUT2D eigenvalue weighted by atomic mass is 16.6. The summed E-state index contributed by atoms with van der Waals surface area (Å²) in [7, 11) is 0. The molecule has 2 nitrogen and oxygen atoms in total. The van der Waals surface area contributed by atoms with E-state index in [-0.39, 0.29) is 17.5 Å². The van der Waals surface area contributed by atoms with Crippen LogP contribution >= 0.6 is 0 Å². The summed E-state index contributed by atoms with van der Waals surface area (Å²) in [5, 5.41) is 0. The van der Waals surface area contributed by atoms with Crippen molar-refractivity contribution in [2.24, 2.45) is 5.92 Å². The van der Waals surface area contributed by atoms with Crippen molar-refractivity contribution in [3.63, 3.8) is 0 Å². The Hall–Kier alpha value is -0.530. The molecule has 150 valence electrons. The van der Waals surface area contributed by atoms with Crippen LogP contribution in [-0.2, 0) is 9.53 Å². The Balaban J connectivity index is 3.29. The van der Waals surface area contributed by atoms with E-state index < -0.39 is 0 Å². The summed E-state index contributed by atoms with van der Waals surface area (Å²) in [4.78, 5) is 11.9. The third-order valence-electron chi connectivity index (χ3n) is 4.80. The van der Waals surface area contributed by atoms with Crippen LogP contribution in [0.2, 0.25) is 0 Å². The van der Waals surface area contributed by atoms with Gasteiger partial charge in [-0.25, -0.2) is 0 Å². The molecule has 0 amide bonds. The second-order valence-electron chi connectivity index (χ2n) is 8.82. The summed E-state index contributed by atoms with van der Waals surface area (Å²) in [6.07, 6.45) is 20.2. The smallest absolute Gasteiger partial charge is 0.309 e. The van der Waals surface area contributed by atoms with Gasteiger partial charge in [0.05, 0.1) is 5.92 Å². The van der Waals surface area contributed by atoms with Gasteiger partial charge < -0.3 is 4.74 Å². The molecule has 0 saturated carbocycles. The van der Waals surface area contributed by atoms with Crippen molar-refractivity contribution in [2.75, 3.05) is 0 Å². The first-order valence-electron chi connectivity index (χ1n) is 11.1. The molecule has 0 aliphatic rings. The van der Waals surface area contributed by atoms with E-state index in [1.54, 1.807) is 0 Å². The van der Waals surface area contributed by atoms with Crippen molar-refractivity contribution >= 4 is 5.97 Å². The molecule has 0 aliphatic carbocycles. The molecule has 0 aromatic carbocycles. The standard InChI is InChI=1S/C23H46O2/c1-6-7-8-9-10-11-12-13-14-15-16-17-18-19-20-21(2)22(24)25-23(3,4)5/h21H,6-20H2,1-5H3/t21-/m0/s1. The molecule has 0 spiro atoms. The molecule has 0 radical (unpaired) electrons. The highest BCUT2D eigenvalue weighted by Crippen LogP contribution is 2.17. The molecule has 0 heterocycles. The minimum Gasteiger partial charge on any atom is -0.460 e. The molecule has 0 N–H and O–H groups in total. The van der Waals surface area contributed by atoms with Crippen molar-refractivity contribution in [1.29, 1.82) is 0 Å². The topological polar surface area (TPSA) is 26.3 Å². The lowest BCUT2D eigenvalue weighted by atomic mass is 10.0. The number of carbonyl (C=O) groups excluding carboxylic acids is 1. The maximum Gasteiger partial charge on any atom is 0.309 e. The van der Waals surface area contributed by atoms with Crippen molar-refractivity contribution in [2.45, 2.75) is 137 Å². The summed E-state index contributed by atoms with van der Waals surface area (Å²) >= 11 is 0. The largest absolute Gasteiger partial charge is 0.460 e. The van der Waals surface area contributed by atoms with E-state index in [0.29, 0.717) is 0 Å². The lowest BCUT2D eigenvalue weighted by Gasteiger charge is -2.22. The molecule has 2 heteroatoms. The number of carbonyl (C=O) groups is 1. The van der Waals surface area contributed by atoms with Crippen LogP contribution in [0.5, 0.6) is 0 Å². The van der Waals surface area contributed by atoms with Crippen molar-refractivity contribution < 1.29 is 9.53 Å². The maximum atomic E-state index is 11.9. The molecule has 0 fully saturated rings. The molecule has 0 aromatic heterocycles. The van der Waals surface area contributed by atoms with E-state index >= 15 is 0 Å². The first-order valence-corrected chi connectivity index (χ1v) is 11.1. The molecular weight excluding hydrogens is 308 g/mol. The lowest BCUT2D eigenvalue weighted by molar-refractivity contribution is -0.159. The van der Waals surface area contributed by atoms with E-state index in [0.717, 1.165) is 12.8 Å². The summed E-state index contributed by atoms with van der Waals surface area (Å²) in [5.74, 6) is -0.00116. The Bertz CT molecular complexity index is 304. The van der Waals surface area contributed by atoms with Gasteiger partial charge in [0.25, 0.3) is 0 Å². The average Bonchev–Trinajstić information content (AvgIpc) is 2.53. The van der Waals surface area contributed by atoms with Crippen LogP contribution in [0.4, 0.5) is 0 Å². The number of hydrogen-bond donors (Lipinski definition) is 0. The first kappa shape index (κ1) is 24.5. The molecule has 0 rings (SSSR count). The van der Waals surface area contributed by atoms with Crippen molar-refractivity contribution in [3.05, 3.63) is 0 Å². The summed E-state index contributed by atoms with van der Waals surface area (Å²) < 4.78 is 5.43. The molecule has 0 unspecified atom stereocenters. The van der Waals surface area contributed by atoms with Gasteiger partial charge >= 0.3 is 5.97 Å². The van der Waals surface area contributed by atoms with Crippen LogP contribution in [0.3, 0.4) is 0 Å². The van der Waals surface area contributed by atoms with Gasteiger partial charge in [0.15, 0.2) is 0 Å². The molecule has 0 saturated heterocycles. The number of rotatable bonds is 16. The molecule has 0 aliphatic heterocycles. The molecule has 0 bridgehead atoms. The quantitative estimate of drug-likeness (QED) is 0.208. The zero-order chi connectivity index (χ0) is 19.0. The number of hydrogen-bond acceptors (Lipinski definition) is 2. The predicted octanol–water partition coefficient (Wildman–Crippen LogP) is 7.84. The molecule has 25 heavy (non-hydrogen) atoms. The van der Waals surface area contributed by atoms with Crippen molar-refractivity contribution in [1.82, 2.24) is 0 Å². The Kier molecular flexibility index (Phi) is 15.4. The Morgan fingerprint density at radius 1 is 0.720 bits per heavy atom. The van der Waals surface area contributed by atoms with Crippen LogP contribution in [0, 0.1) is 5.92 Å². The Morgan fingerprint density at radius 2 is 1.08 bits per heavy atom. The van der Waals surface area contributed by atoms with Crippen LogP contribution < -0.4 is 0 Å². The fraction of sp³-hybridized carbons (Fsp3) is 0.957. The van der Waals surface area contributed by atoms with Crippen LogP contribution in [0.1, 0.15) is 131 Å². The van der Waals surface area contributed by atoms with E-state index in [9.17, 15) is 4.79 Å². The van der Waals surface area contributed by atoms with Gasteiger partial charge in [-0.15, -0.1) is 0 Å². The SMILES string of the molecule is CCCCCCCCCCCCCCCC[C@H](C)C(=O)OC(C)(C)C. The molecular formula is C23H46O2. The highest BCUT2D eigenvalue weighted by Gasteiger charge is 2.21. The van der Waals surface area contributed by atoms with Gasteiger partial charge in [0.2, 0.25) is 0 Å². The van der Waals surface area contributed by atoms with E-state index in [4.69, 9.17) is 4.74 Å². The van der Waals surface area contributed by atoms with Gasteiger partial charge in [-0.2, -0.15) is 0 Å². The van der Waals surface area contributed by atoms with Gasteiger partial charge in [-0.1, -0.05) is 104 Å². The fourth-order valence-corrected chi connectivity index (χ4v) is 3.17. The second kappa shape index (κ2) is 15.7. The lowest BCUT2D eigenvalue weighted by Crippen LogP contribution is -2.27. The maximum absolute atomic E-state index is 11.9. The van der Waals surface area contributed by atoms with E-state index in [1.165, 1.54) is 83.5 Å². The number of ether oxygens (including phenoxy) is 1. The number of esters is 1. The third-order valence-corrected chi connectivity index (χ3v) is 4.80.